The van der Waals surface area contributed by atoms with E-state index in [1.807, 2.05) is 37.6 Å². The molecule has 1 unspecified atom stereocenters. The normalized spacial score (nSPS) is 12.3. The fraction of sp³-hybridized carbons (Fsp3) is 0.211. The van der Waals surface area contributed by atoms with Gasteiger partial charge in [-0.1, -0.05) is 11.8 Å². The number of halogens is 1. The standard InChI is InChI=1S/C19H17FN6OS/c1-11-10-14(8-9-21-11)18-24-23-17(27-18)12(2)28-19-25-22-16(26(19)3)13-4-6-15(20)7-5-13/h4-10,12H,1-3H3. The Kier molecular flexibility index (Phi) is 4.91. The molecule has 4 rings (SSSR count). The average molecular weight is 396 g/mol. The molecule has 0 saturated heterocycles. The molecule has 0 aliphatic rings. The predicted molar refractivity (Wildman–Crippen MR) is 103 cm³/mol. The van der Waals surface area contributed by atoms with Gasteiger partial charge in [0.05, 0.1) is 5.25 Å². The molecule has 0 spiro atoms. The maximum absolute atomic E-state index is 13.1. The van der Waals surface area contributed by atoms with Gasteiger partial charge in [0.1, 0.15) is 5.82 Å². The first kappa shape index (κ1) is 18.3. The van der Waals surface area contributed by atoms with Crippen LogP contribution in [0.15, 0.2) is 52.2 Å². The van der Waals surface area contributed by atoms with Crippen LogP contribution < -0.4 is 0 Å². The second-order valence-corrected chi connectivity index (χ2v) is 7.57. The minimum atomic E-state index is -0.286. The fourth-order valence-corrected chi connectivity index (χ4v) is 3.52. The van der Waals surface area contributed by atoms with Crippen molar-refractivity contribution in [3.63, 3.8) is 0 Å². The molecule has 0 aliphatic heterocycles. The van der Waals surface area contributed by atoms with Gasteiger partial charge in [-0.15, -0.1) is 20.4 Å². The summed E-state index contributed by atoms with van der Waals surface area (Å²) in [5, 5.41) is 17.3. The molecule has 142 valence electrons. The van der Waals surface area contributed by atoms with Gasteiger partial charge in [0, 0.05) is 30.1 Å². The van der Waals surface area contributed by atoms with E-state index in [0.29, 0.717) is 22.8 Å². The van der Waals surface area contributed by atoms with Crippen molar-refractivity contribution >= 4 is 11.8 Å². The van der Waals surface area contributed by atoms with Crippen LogP contribution in [0.2, 0.25) is 0 Å². The van der Waals surface area contributed by atoms with Crippen LogP contribution in [0.25, 0.3) is 22.8 Å². The lowest BCUT2D eigenvalue weighted by Crippen LogP contribution is -1.97. The van der Waals surface area contributed by atoms with E-state index in [2.05, 4.69) is 25.4 Å². The Labute approximate surface area is 165 Å². The molecule has 0 radical (unpaired) electrons. The van der Waals surface area contributed by atoms with Gasteiger partial charge in [-0.05, 0) is 50.2 Å². The number of nitrogens with zero attached hydrogens (tertiary/aromatic N) is 6. The molecular formula is C19H17FN6OS. The van der Waals surface area contributed by atoms with E-state index in [9.17, 15) is 4.39 Å². The molecule has 0 saturated carbocycles. The summed E-state index contributed by atoms with van der Waals surface area (Å²) in [6, 6.07) is 9.89. The summed E-state index contributed by atoms with van der Waals surface area (Å²) in [4.78, 5) is 4.17. The molecule has 0 amide bonds. The van der Waals surface area contributed by atoms with Gasteiger partial charge in [0.15, 0.2) is 11.0 Å². The van der Waals surface area contributed by atoms with E-state index in [0.717, 1.165) is 16.8 Å². The smallest absolute Gasteiger partial charge is 0.247 e. The van der Waals surface area contributed by atoms with Crippen molar-refractivity contribution in [1.82, 2.24) is 29.9 Å². The number of rotatable bonds is 5. The van der Waals surface area contributed by atoms with E-state index in [-0.39, 0.29) is 11.1 Å². The maximum atomic E-state index is 13.1. The first-order valence-corrected chi connectivity index (χ1v) is 9.47. The number of hydrogen-bond donors (Lipinski definition) is 0. The van der Waals surface area contributed by atoms with Crippen molar-refractivity contribution in [2.24, 2.45) is 7.05 Å². The highest BCUT2D eigenvalue weighted by Crippen LogP contribution is 2.35. The zero-order valence-electron chi connectivity index (χ0n) is 15.5. The minimum absolute atomic E-state index is 0.117. The fourth-order valence-electron chi connectivity index (χ4n) is 2.67. The predicted octanol–water partition coefficient (Wildman–Crippen LogP) is 4.23. The lowest BCUT2D eigenvalue weighted by Gasteiger charge is -2.07. The highest BCUT2D eigenvalue weighted by Gasteiger charge is 2.20. The molecular weight excluding hydrogens is 379 g/mol. The van der Waals surface area contributed by atoms with Gasteiger partial charge < -0.3 is 8.98 Å². The van der Waals surface area contributed by atoms with Gasteiger partial charge in [-0.3, -0.25) is 4.98 Å². The molecule has 0 bridgehead atoms. The Hall–Kier alpha value is -3.07. The molecule has 0 N–H and O–H groups in total. The summed E-state index contributed by atoms with van der Waals surface area (Å²) in [6.45, 7) is 3.87. The Morgan fingerprint density at radius 1 is 1.04 bits per heavy atom. The molecule has 3 heterocycles. The number of aryl methyl sites for hydroxylation is 1. The third kappa shape index (κ3) is 3.65. The second kappa shape index (κ2) is 7.51. The molecule has 28 heavy (non-hydrogen) atoms. The molecule has 4 aromatic rings. The first-order valence-electron chi connectivity index (χ1n) is 8.59. The third-order valence-electron chi connectivity index (χ3n) is 4.15. The van der Waals surface area contributed by atoms with E-state index >= 15 is 0 Å². The molecule has 1 atom stereocenters. The molecule has 1 aromatic carbocycles. The second-order valence-electron chi connectivity index (χ2n) is 6.26. The Bertz CT molecular complexity index is 1110. The van der Waals surface area contributed by atoms with Crippen LogP contribution in [0, 0.1) is 12.7 Å². The molecule has 9 heteroatoms. The van der Waals surface area contributed by atoms with Crippen LogP contribution >= 0.6 is 11.8 Å². The topological polar surface area (TPSA) is 82.5 Å². The minimum Gasteiger partial charge on any atom is -0.419 e. The van der Waals surface area contributed by atoms with Crippen molar-refractivity contribution in [1.29, 1.82) is 0 Å². The summed E-state index contributed by atoms with van der Waals surface area (Å²) in [7, 11) is 1.87. The SMILES string of the molecule is Cc1cc(-c2nnc(C(C)Sc3nnc(-c4ccc(F)cc4)n3C)o2)ccn1. The van der Waals surface area contributed by atoms with E-state index < -0.39 is 0 Å². The van der Waals surface area contributed by atoms with Crippen LogP contribution in [0.5, 0.6) is 0 Å². The van der Waals surface area contributed by atoms with Crippen LogP contribution in [0.4, 0.5) is 4.39 Å². The summed E-state index contributed by atoms with van der Waals surface area (Å²) in [5.41, 5.74) is 2.51. The third-order valence-corrected chi connectivity index (χ3v) is 5.27. The van der Waals surface area contributed by atoms with Crippen molar-refractivity contribution < 1.29 is 8.81 Å². The summed E-state index contributed by atoms with van der Waals surface area (Å²) >= 11 is 1.46. The van der Waals surface area contributed by atoms with Crippen molar-refractivity contribution in [2.75, 3.05) is 0 Å². The van der Waals surface area contributed by atoms with E-state index in [1.165, 1.54) is 23.9 Å². The number of benzene rings is 1. The van der Waals surface area contributed by atoms with Crippen molar-refractivity contribution in [3.05, 3.63) is 60.0 Å². The van der Waals surface area contributed by atoms with Crippen LogP contribution in [0.1, 0.15) is 23.8 Å². The Morgan fingerprint density at radius 2 is 1.82 bits per heavy atom. The van der Waals surface area contributed by atoms with Crippen molar-refractivity contribution in [2.45, 2.75) is 24.3 Å². The molecule has 0 fully saturated rings. The van der Waals surface area contributed by atoms with Gasteiger partial charge >= 0.3 is 0 Å². The largest absolute Gasteiger partial charge is 0.419 e. The quantitative estimate of drug-likeness (QED) is 0.467. The number of hydrogen-bond acceptors (Lipinski definition) is 7. The average Bonchev–Trinajstić information content (AvgIpc) is 3.31. The zero-order valence-corrected chi connectivity index (χ0v) is 16.3. The summed E-state index contributed by atoms with van der Waals surface area (Å²) < 4.78 is 20.8. The first-order chi connectivity index (χ1) is 13.5. The van der Waals surface area contributed by atoms with Gasteiger partial charge in [0.25, 0.3) is 0 Å². The lowest BCUT2D eigenvalue weighted by molar-refractivity contribution is 0.508. The Balaban J connectivity index is 1.53. The zero-order chi connectivity index (χ0) is 19.7. The maximum Gasteiger partial charge on any atom is 0.247 e. The lowest BCUT2D eigenvalue weighted by atomic mass is 10.2. The summed E-state index contributed by atoms with van der Waals surface area (Å²) in [6.07, 6.45) is 1.71. The van der Waals surface area contributed by atoms with Gasteiger partial charge in [0.2, 0.25) is 11.8 Å². The molecule has 0 aliphatic carbocycles. The number of pyridine rings is 1. The summed E-state index contributed by atoms with van der Waals surface area (Å²) in [5.74, 6) is 1.33. The number of thioether (sulfide) groups is 1. The van der Waals surface area contributed by atoms with Crippen molar-refractivity contribution in [3.8, 4) is 22.8 Å². The molecule has 3 aromatic heterocycles. The Morgan fingerprint density at radius 3 is 2.57 bits per heavy atom. The van der Waals surface area contributed by atoms with Crippen LogP contribution in [-0.4, -0.2) is 29.9 Å². The highest BCUT2D eigenvalue weighted by atomic mass is 32.2. The highest BCUT2D eigenvalue weighted by molar-refractivity contribution is 7.99. The number of aromatic nitrogens is 6. The van der Waals surface area contributed by atoms with Gasteiger partial charge in [-0.25, -0.2) is 4.39 Å². The monoisotopic (exact) mass is 396 g/mol. The van der Waals surface area contributed by atoms with Crippen LogP contribution in [-0.2, 0) is 7.05 Å². The van der Waals surface area contributed by atoms with E-state index in [1.54, 1.807) is 18.3 Å². The molecule has 7 nitrogen and oxygen atoms in total. The van der Waals surface area contributed by atoms with Crippen LogP contribution in [0.3, 0.4) is 0 Å². The van der Waals surface area contributed by atoms with E-state index in [4.69, 9.17) is 4.42 Å². The van der Waals surface area contributed by atoms with Gasteiger partial charge in [-0.2, -0.15) is 0 Å².